The molecule has 0 aliphatic rings. The highest BCUT2D eigenvalue weighted by Crippen LogP contribution is 2.25. The maximum absolute atomic E-state index is 9.23. The maximum Gasteiger partial charge on any atom is 0.117 e. The van der Waals surface area contributed by atoms with E-state index in [1.54, 1.807) is 0 Å². The Morgan fingerprint density at radius 1 is 1.25 bits per heavy atom. The van der Waals surface area contributed by atoms with Crippen LogP contribution in [0.15, 0.2) is 30.3 Å². The summed E-state index contributed by atoms with van der Waals surface area (Å²) < 4.78 is 0. The molecule has 0 radical (unpaired) electrons. The fraction of sp³-hybridized carbons (Fsp3) is 0.500. The largest absolute Gasteiger partial charge is 0.359 e. The van der Waals surface area contributed by atoms with Crippen molar-refractivity contribution in [1.82, 2.24) is 0 Å². The lowest BCUT2D eigenvalue weighted by Crippen LogP contribution is -2.33. The molecule has 0 aromatic heterocycles. The van der Waals surface area contributed by atoms with Gasteiger partial charge in [0.2, 0.25) is 0 Å². The molecular formula is C14H20N2. The molecule has 0 N–H and O–H groups in total. The zero-order chi connectivity index (χ0) is 12.2. The second-order valence-electron chi connectivity index (χ2n) is 5.36. The number of benzene rings is 1. The Bertz CT molecular complexity index is 357. The van der Waals surface area contributed by atoms with Gasteiger partial charge < -0.3 is 4.90 Å². The topological polar surface area (TPSA) is 27.0 Å². The molecule has 0 aliphatic carbocycles. The fourth-order valence-corrected chi connectivity index (χ4v) is 1.69. The summed E-state index contributed by atoms with van der Waals surface area (Å²) in [4.78, 5) is 2.05. The van der Waals surface area contributed by atoms with Crippen molar-refractivity contribution in [2.24, 2.45) is 5.41 Å². The first-order valence-electron chi connectivity index (χ1n) is 5.61. The Morgan fingerprint density at radius 2 is 1.81 bits per heavy atom. The number of anilines is 1. The van der Waals surface area contributed by atoms with Gasteiger partial charge in [-0.05, 0) is 24.0 Å². The first-order valence-corrected chi connectivity index (χ1v) is 5.61. The summed E-state index contributed by atoms with van der Waals surface area (Å²) in [6.07, 6.45) is 0.870. The smallest absolute Gasteiger partial charge is 0.117 e. The zero-order valence-electron chi connectivity index (χ0n) is 10.6. The predicted octanol–water partition coefficient (Wildman–Crippen LogP) is 3.45. The second-order valence-corrected chi connectivity index (χ2v) is 5.36. The van der Waals surface area contributed by atoms with Gasteiger partial charge in [-0.2, -0.15) is 5.26 Å². The molecule has 0 aliphatic heterocycles. The van der Waals surface area contributed by atoms with Gasteiger partial charge in [0.25, 0.3) is 0 Å². The van der Waals surface area contributed by atoms with E-state index in [-0.39, 0.29) is 11.5 Å². The molecule has 2 nitrogen and oxygen atoms in total. The minimum Gasteiger partial charge on any atom is -0.359 e. The van der Waals surface area contributed by atoms with Crippen molar-refractivity contribution in [3.63, 3.8) is 0 Å². The second kappa shape index (κ2) is 5.03. The molecule has 1 rings (SSSR count). The van der Waals surface area contributed by atoms with E-state index in [1.807, 2.05) is 42.3 Å². The molecule has 2 heteroatoms. The van der Waals surface area contributed by atoms with Crippen molar-refractivity contribution in [3.05, 3.63) is 30.3 Å². The summed E-state index contributed by atoms with van der Waals surface area (Å²) in [5.41, 5.74) is 1.27. The van der Waals surface area contributed by atoms with Gasteiger partial charge in [0.05, 0.1) is 6.07 Å². The molecule has 86 valence electrons. The number of hydrogen-bond acceptors (Lipinski definition) is 2. The highest BCUT2D eigenvalue weighted by Gasteiger charge is 2.21. The van der Waals surface area contributed by atoms with E-state index < -0.39 is 0 Å². The molecular weight excluding hydrogens is 196 g/mol. The van der Waals surface area contributed by atoms with E-state index in [0.29, 0.717) is 0 Å². The first-order chi connectivity index (χ1) is 7.44. The van der Waals surface area contributed by atoms with Crippen LogP contribution >= 0.6 is 0 Å². The Kier molecular flexibility index (Phi) is 3.95. The molecule has 0 amide bonds. The average Bonchev–Trinajstić information content (AvgIpc) is 2.25. The van der Waals surface area contributed by atoms with Gasteiger partial charge in [0.1, 0.15) is 6.04 Å². The lowest BCUT2D eigenvalue weighted by molar-refractivity contribution is 0.359. The number of rotatable bonds is 3. The molecule has 0 bridgehead atoms. The van der Waals surface area contributed by atoms with Crippen LogP contribution in [0.4, 0.5) is 5.69 Å². The van der Waals surface area contributed by atoms with Crippen LogP contribution in [-0.4, -0.2) is 13.1 Å². The number of hydrogen-bond donors (Lipinski definition) is 0. The third kappa shape index (κ3) is 3.58. The van der Waals surface area contributed by atoms with Crippen LogP contribution in [-0.2, 0) is 0 Å². The first kappa shape index (κ1) is 12.6. The van der Waals surface area contributed by atoms with E-state index >= 15 is 0 Å². The van der Waals surface area contributed by atoms with Gasteiger partial charge in [0, 0.05) is 12.7 Å². The molecule has 0 saturated heterocycles. The molecule has 0 spiro atoms. The summed E-state index contributed by atoms with van der Waals surface area (Å²) in [6, 6.07) is 12.4. The van der Waals surface area contributed by atoms with Crippen molar-refractivity contribution >= 4 is 5.69 Å². The Hall–Kier alpha value is -1.49. The summed E-state index contributed by atoms with van der Waals surface area (Å²) in [5, 5.41) is 9.23. The third-order valence-corrected chi connectivity index (χ3v) is 2.59. The van der Waals surface area contributed by atoms with E-state index in [4.69, 9.17) is 0 Å². The van der Waals surface area contributed by atoms with Crippen LogP contribution in [0.3, 0.4) is 0 Å². The molecule has 0 fully saturated rings. The average molecular weight is 216 g/mol. The van der Waals surface area contributed by atoms with Crippen LogP contribution in [0.25, 0.3) is 0 Å². The highest BCUT2D eigenvalue weighted by atomic mass is 15.1. The van der Waals surface area contributed by atoms with E-state index in [0.717, 1.165) is 12.1 Å². The zero-order valence-corrected chi connectivity index (χ0v) is 10.6. The van der Waals surface area contributed by atoms with Crippen molar-refractivity contribution < 1.29 is 0 Å². The third-order valence-electron chi connectivity index (χ3n) is 2.59. The molecule has 1 aromatic rings. The highest BCUT2D eigenvalue weighted by molar-refractivity contribution is 5.47. The van der Waals surface area contributed by atoms with Crippen LogP contribution < -0.4 is 4.90 Å². The summed E-state index contributed by atoms with van der Waals surface area (Å²) in [7, 11) is 1.98. The minimum atomic E-state index is -0.0672. The molecule has 1 aromatic carbocycles. The number of nitrogens with zero attached hydrogens (tertiary/aromatic N) is 2. The molecule has 0 heterocycles. The predicted molar refractivity (Wildman–Crippen MR) is 68.3 cm³/mol. The van der Waals surface area contributed by atoms with Crippen molar-refractivity contribution in [2.75, 3.05) is 11.9 Å². The summed E-state index contributed by atoms with van der Waals surface area (Å²) in [5.74, 6) is 0. The minimum absolute atomic E-state index is 0.0672. The maximum atomic E-state index is 9.23. The van der Waals surface area contributed by atoms with Gasteiger partial charge in [0.15, 0.2) is 0 Å². The summed E-state index contributed by atoms with van der Waals surface area (Å²) >= 11 is 0. The van der Waals surface area contributed by atoms with Crippen molar-refractivity contribution in [3.8, 4) is 6.07 Å². The van der Waals surface area contributed by atoms with E-state index in [9.17, 15) is 5.26 Å². The monoisotopic (exact) mass is 216 g/mol. The lowest BCUT2D eigenvalue weighted by Gasteiger charge is -2.30. The van der Waals surface area contributed by atoms with Crippen molar-refractivity contribution in [2.45, 2.75) is 33.2 Å². The SMILES string of the molecule is CN(c1ccccc1)C(C#N)CC(C)(C)C. The van der Waals surface area contributed by atoms with Gasteiger partial charge in [-0.15, -0.1) is 0 Å². The quantitative estimate of drug-likeness (QED) is 0.773. The Balaban J connectivity index is 2.79. The van der Waals surface area contributed by atoms with Gasteiger partial charge in [-0.1, -0.05) is 39.0 Å². The Labute approximate surface area is 98.5 Å². The normalized spacial score (nSPS) is 12.9. The number of nitriles is 1. The van der Waals surface area contributed by atoms with E-state index in [2.05, 4.69) is 26.8 Å². The standard InChI is InChI=1S/C14H20N2/c1-14(2,3)10-13(11-15)16(4)12-8-6-5-7-9-12/h5-9,13H,10H2,1-4H3. The lowest BCUT2D eigenvalue weighted by atomic mass is 9.88. The molecule has 16 heavy (non-hydrogen) atoms. The van der Waals surface area contributed by atoms with Crippen LogP contribution in [0.5, 0.6) is 0 Å². The molecule has 1 atom stereocenters. The number of para-hydroxylation sites is 1. The van der Waals surface area contributed by atoms with Crippen LogP contribution in [0, 0.1) is 16.7 Å². The van der Waals surface area contributed by atoms with E-state index in [1.165, 1.54) is 0 Å². The molecule has 1 unspecified atom stereocenters. The fourth-order valence-electron chi connectivity index (χ4n) is 1.69. The van der Waals surface area contributed by atoms with Crippen LogP contribution in [0.2, 0.25) is 0 Å². The van der Waals surface area contributed by atoms with Gasteiger partial charge in [-0.3, -0.25) is 0 Å². The van der Waals surface area contributed by atoms with Crippen LogP contribution in [0.1, 0.15) is 27.2 Å². The van der Waals surface area contributed by atoms with Gasteiger partial charge >= 0.3 is 0 Å². The summed E-state index contributed by atoms with van der Waals surface area (Å²) in [6.45, 7) is 6.49. The Morgan fingerprint density at radius 3 is 2.25 bits per heavy atom. The van der Waals surface area contributed by atoms with Gasteiger partial charge in [-0.25, -0.2) is 0 Å². The molecule has 0 saturated carbocycles. The van der Waals surface area contributed by atoms with Crippen molar-refractivity contribution in [1.29, 1.82) is 5.26 Å².